The van der Waals surface area contributed by atoms with Crippen LogP contribution < -0.4 is 0 Å². The normalized spacial score (nSPS) is 46.0. The van der Waals surface area contributed by atoms with Crippen molar-refractivity contribution in [3.05, 3.63) is 0 Å². The van der Waals surface area contributed by atoms with Gasteiger partial charge >= 0.3 is 0 Å². The Labute approximate surface area is 81.0 Å². The maximum absolute atomic E-state index is 11.3. The largest absolute Gasteiger partial charge is 0.296 e. The smallest absolute Gasteiger partial charge is 0.172 e. The van der Waals surface area contributed by atoms with Gasteiger partial charge in [-0.05, 0) is 19.8 Å². The van der Waals surface area contributed by atoms with E-state index in [-0.39, 0.29) is 11.2 Å². The number of rotatable bonds is 0. The van der Waals surface area contributed by atoms with E-state index in [0.29, 0.717) is 12.8 Å². The van der Waals surface area contributed by atoms with Gasteiger partial charge in [-0.1, -0.05) is 0 Å². The zero-order valence-corrected chi connectivity index (χ0v) is 8.38. The van der Waals surface area contributed by atoms with Crippen LogP contribution in [-0.2, 0) is 4.79 Å². The highest BCUT2D eigenvalue weighted by Gasteiger charge is 2.45. The Hall–Kier alpha value is 0.540. The molecule has 1 rings (SSSR count). The third-order valence-corrected chi connectivity index (χ3v) is 3.66. The van der Waals surface area contributed by atoms with Gasteiger partial charge in [-0.2, -0.15) is 0 Å². The van der Waals surface area contributed by atoms with E-state index in [4.69, 9.17) is 34.8 Å². The fourth-order valence-electron chi connectivity index (χ4n) is 1.16. The number of hydrogen-bond donors (Lipinski definition) is 0. The van der Waals surface area contributed by atoms with Crippen LogP contribution in [0.2, 0.25) is 0 Å². The molecule has 4 heteroatoms. The molecule has 0 aromatic rings. The van der Waals surface area contributed by atoms with E-state index < -0.39 is 10.3 Å². The SMILES string of the molecule is C[C@@]1(Cl)C(=O)[C@H](Cl)CC[C@H]1Cl. The van der Waals surface area contributed by atoms with Crippen LogP contribution in [0.3, 0.4) is 0 Å². The Morgan fingerprint density at radius 3 is 2.45 bits per heavy atom. The first kappa shape index (κ1) is 9.63. The number of ketones is 1. The van der Waals surface area contributed by atoms with Gasteiger partial charge in [0.2, 0.25) is 0 Å². The van der Waals surface area contributed by atoms with E-state index >= 15 is 0 Å². The van der Waals surface area contributed by atoms with Crippen molar-refractivity contribution in [1.82, 2.24) is 0 Å². The molecule has 0 heterocycles. The summed E-state index contributed by atoms with van der Waals surface area (Å²) in [6, 6.07) is 0. The predicted molar refractivity (Wildman–Crippen MR) is 47.8 cm³/mol. The number of Topliss-reactive ketones (excluding diaryl/α,β-unsaturated/α-hetero) is 1. The highest BCUT2D eigenvalue weighted by Crippen LogP contribution is 2.36. The third-order valence-electron chi connectivity index (χ3n) is 2.03. The second-order valence-electron chi connectivity index (χ2n) is 2.95. The first-order valence-corrected chi connectivity index (χ1v) is 4.72. The number of carbonyl (C=O) groups is 1. The van der Waals surface area contributed by atoms with Crippen molar-refractivity contribution in [3.8, 4) is 0 Å². The van der Waals surface area contributed by atoms with Crippen LogP contribution >= 0.6 is 34.8 Å². The molecular weight excluding hydrogens is 206 g/mol. The summed E-state index contributed by atoms with van der Waals surface area (Å²) in [6.45, 7) is 1.63. The lowest BCUT2D eigenvalue weighted by atomic mass is 9.88. The van der Waals surface area contributed by atoms with Crippen molar-refractivity contribution in [2.24, 2.45) is 0 Å². The number of hydrogen-bond acceptors (Lipinski definition) is 1. The molecule has 1 saturated carbocycles. The van der Waals surface area contributed by atoms with Crippen molar-refractivity contribution in [2.45, 2.75) is 35.4 Å². The van der Waals surface area contributed by atoms with Crippen molar-refractivity contribution in [2.75, 3.05) is 0 Å². The van der Waals surface area contributed by atoms with Crippen LogP contribution in [0.4, 0.5) is 0 Å². The average Bonchev–Trinajstić information content (AvgIpc) is 1.95. The summed E-state index contributed by atoms with van der Waals surface area (Å²) in [7, 11) is 0. The van der Waals surface area contributed by atoms with Crippen LogP contribution in [0.15, 0.2) is 0 Å². The summed E-state index contributed by atoms with van der Waals surface area (Å²) in [6.07, 6.45) is 1.35. The van der Waals surface area contributed by atoms with Gasteiger partial charge in [0.1, 0.15) is 4.87 Å². The summed E-state index contributed by atoms with van der Waals surface area (Å²) < 4.78 is 0. The van der Waals surface area contributed by atoms with Gasteiger partial charge in [0, 0.05) is 0 Å². The maximum Gasteiger partial charge on any atom is 0.172 e. The van der Waals surface area contributed by atoms with E-state index in [1.807, 2.05) is 0 Å². The summed E-state index contributed by atoms with van der Waals surface area (Å²) >= 11 is 17.5. The van der Waals surface area contributed by atoms with E-state index in [2.05, 4.69) is 0 Å². The van der Waals surface area contributed by atoms with E-state index in [1.54, 1.807) is 6.92 Å². The first-order chi connectivity index (χ1) is 4.96. The molecule has 0 aromatic heterocycles. The minimum Gasteiger partial charge on any atom is -0.296 e. The van der Waals surface area contributed by atoms with Crippen LogP contribution in [0.5, 0.6) is 0 Å². The average molecular weight is 216 g/mol. The monoisotopic (exact) mass is 214 g/mol. The molecule has 0 spiro atoms. The fraction of sp³-hybridized carbons (Fsp3) is 0.857. The third kappa shape index (κ3) is 1.66. The minimum atomic E-state index is -0.966. The molecule has 3 atom stereocenters. The van der Waals surface area contributed by atoms with E-state index in [1.165, 1.54) is 0 Å². The maximum atomic E-state index is 11.3. The lowest BCUT2D eigenvalue weighted by Gasteiger charge is -2.32. The zero-order chi connectivity index (χ0) is 8.65. The molecule has 0 N–H and O–H groups in total. The molecule has 1 aliphatic rings. The second-order valence-corrected chi connectivity index (χ2v) is 4.79. The molecule has 0 aromatic carbocycles. The Kier molecular flexibility index (Phi) is 2.73. The molecule has 0 aliphatic heterocycles. The molecule has 0 amide bonds. The van der Waals surface area contributed by atoms with Crippen molar-refractivity contribution in [3.63, 3.8) is 0 Å². The van der Waals surface area contributed by atoms with Crippen molar-refractivity contribution < 1.29 is 4.79 Å². The van der Waals surface area contributed by atoms with Crippen LogP contribution in [0, 0.1) is 0 Å². The summed E-state index contributed by atoms with van der Waals surface area (Å²) in [5.41, 5.74) is 0. The molecule has 1 fully saturated rings. The topological polar surface area (TPSA) is 17.1 Å². The second kappa shape index (κ2) is 3.12. The first-order valence-electron chi connectivity index (χ1n) is 3.47. The Bertz CT molecular complexity index is 179. The summed E-state index contributed by atoms with van der Waals surface area (Å²) in [5.74, 6) is -0.146. The molecule has 0 saturated heterocycles. The van der Waals surface area contributed by atoms with Gasteiger partial charge in [0.15, 0.2) is 5.78 Å². The van der Waals surface area contributed by atoms with E-state index in [9.17, 15) is 4.79 Å². The summed E-state index contributed by atoms with van der Waals surface area (Å²) in [4.78, 5) is 10.3. The van der Waals surface area contributed by atoms with E-state index in [0.717, 1.165) is 0 Å². The Morgan fingerprint density at radius 1 is 1.45 bits per heavy atom. The number of alkyl halides is 3. The Balaban J connectivity index is 2.81. The van der Waals surface area contributed by atoms with Gasteiger partial charge in [-0.25, -0.2) is 0 Å². The van der Waals surface area contributed by atoms with Gasteiger partial charge in [0.25, 0.3) is 0 Å². The van der Waals surface area contributed by atoms with Crippen molar-refractivity contribution >= 4 is 40.6 Å². The lowest BCUT2D eigenvalue weighted by Crippen LogP contribution is -2.47. The lowest BCUT2D eigenvalue weighted by molar-refractivity contribution is -0.122. The van der Waals surface area contributed by atoms with Gasteiger partial charge in [0.05, 0.1) is 10.8 Å². The molecule has 1 nitrogen and oxygen atoms in total. The van der Waals surface area contributed by atoms with Gasteiger partial charge in [-0.15, -0.1) is 34.8 Å². The molecular formula is C7H9Cl3O. The summed E-state index contributed by atoms with van der Waals surface area (Å²) in [5, 5.41) is -0.737. The number of carbonyl (C=O) groups excluding carboxylic acids is 1. The zero-order valence-electron chi connectivity index (χ0n) is 6.11. The quantitative estimate of drug-likeness (QED) is 0.568. The molecule has 0 bridgehead atoms. The number of halogens is 3. The van der Waals surface area contributed by atoms with Crippen molar-refractivity contribution in [1.29, 1.82) is 0 Å². The van der Waals surface area contributed by atoms with Gasteiger partial charge < -0.3 is 0 Å². The van der Waals surface area contributed by atoms with Crippen LogP contribution in [-0.4, -0.2) is 21.4 Å². The molecule has 1 aliphatic carbocycles. The molecule has 0 unspecified atom stereocenters. The highest BCUT2D eigenvalue weighted by atomic mass is 35.5. The standard InChI is InChI=1S/C7H9Cl3O/c1-7(10)5(9)3-2-4(8)6(7)11/h4-5H,2-3H2,1H3/t4-,5-,7+/m1/s1. The molecule has 11 heavy (non-hydrogen) atoms. The van der Waals surface area contributed by atoms with Gasteiger partial charge in [-0.3, -0.25) is 4.79 Å². The fourth-order valence-corrected chi connectivity index (χ4v) is 2.04. The predicted octanol–water partition coefficient (Wildman–Crippen LogP) is 2.56. The molecule has 0 radical (unpaired) electrons. The Morgan fingerprint density at radius 2 is 2.00 bits per heavy atom. The van der Waals surface area contributed by atoms with Crippen LogP contribution in [0.25, 0.3) is 0 Å². The van der Waals surface area contributed by atoms with Crippen LogP contribution in [0.1, 0.15) is 19.8 Å². The minimum absolute atomic E-state index is 0.146. The molecule has 64 valence electrons. The highest BCUT2D eigenvalue weighted by molar-refractivity contribution is 6.46.